The number of aryl methyl sites for hydroxylation is 1. The van der Waals surface area contributed by atoms with Crippen LogP contribution < -0.4 is 10.9 Å². The van der Waals surface area contributed by atoms with Crippen LogP contribution in [0.3, 0.4) is 0 Å². The van der Waals surface area contributed by atoms with Gasteiger partial charge in [-0.1, -0.05) is 0 Å². The van der Waals surface area contributed by atoms with Gasteiger partial charge in [-0.15, -0.1) is 0 Å². The molecule has 0 unspecified atom stereocenters. The first-order valence-electron chi connectivity index (χ1n) is 10.9. The quantitative estimate of drug-likeness (QED) is 0.753. The summed E-state index contributed by atoms with van der Waals surface area (Å²) in [5, 5.41) is 3.15. The van der Waals surface area contributed by atoms with Crippen molar-refractivity contribution in [2.45, 2.75) is 64.0 Å². The number of piperidine rings is 2. The maximum atomic E-state index is 12.6. The van der Waals surface area contributed by atoms with Crippen LogP contribution in [-0.4, -0.2) is 69.8 Å². The smallest absolute Gasteiger partial charge is 0.254 e. The molecule has 3 heterocycles. The van der Waals surface area contributed by atoms with Crippen molar-refractivity contribution >= 4 is 11.8 Å². The van der Waals surface area contributed by atoms with E-state index in [1.165, 1.54) is 6.20 Å². The molecule has 0 aromatic carbocycles. The monoisotopic (exact) mass is 401 g/mol. The second-order valence-electron chi connectivity index (χ2n) is 8.73. The molecule has 4 rings (SSSR count). The molecule has 1 saturated carbocycles. The minimum Gasteiger partial charge on any atom is -0.353 e. The average Bonchev–Trinajstić information content (AvgIpc) is 3.54. The van der Waals surface area contributed by atoms with Crippen LogP contribution in [0.5, 0.6) is 0 Å². The Morgan fingerprint density at radius 2 is 1.93 bits per heavy atom. The van der Waals surface area contributed by atoms with Crippen molar-refractivity contribution in [2.75, 3.05) is 26.2 Å². The zero-order chi connectivity index (χ0) is 20.4. The van der Waals surface area contributed by atoms with Crippen molar-refractivity contribution in [3.05, 3.63) is 27.9 Å². The molecule has 8 heteroatoms. The van der Waals surface area contributed by atoms with E-state index in [1.54, 1.807) is 6.92 Å². The number of aromatic amines is 1. The van der Waals surface area contributed by atoms with Gasteiger partial charge in [-0.05, 0) is 52.0 Å². The Morgan fingerprint density at radius 1 is 1.17 bits per heavy atom. The summed E-state index contributed by atoms with van der Waals surface area (Å²) in [6.45, 7) is 5.00. The molecule has 1 aromatic heterocycles. The third-order valence-electron chi connectivity index (χ3n) is 6.42. The van der Waals surface area contributed by atoms with Crippen LogP contribution in [0.15, 0.2) is 11.0 Å². The fraction of sp³-hybridized carbons (Fsp3) is 0.714. The largest absolute Gasteiger partial charge is 0.353 e. The molecule has 2 N–H and O–H groups in total. The number of carbonyl (C=O) groups is 2. The number of nitrogens with one attached hydrogen (secondary N) is 2. The van der Waals surface area contributed by atoms with Gasteiger partial charge in [0, 0.05) is 43.5 Å². The number of likely N-dealkylation sites (tertiary alicyclic amines) is 2. The Kier molecular flexibility index (Phi) is 5.99. The highest BCUT2D eigenvalue weighted by Gasteiger charge is 2.34. The standard InChI is InChI=1S/C21H31N5O3/c1-14-22-12-16(21(29)23-14)11-19(27)25-9-6-18(7-10-25)26-8-2-3-15(13-26)20(28)24-17-4-5-17/h12,15,17-18H,2-11,13H2,1H3,(H,24,28)(H,22,23,29)/t15-/m0/s1. The molecule has 2 aliphatic heterocycles. The van der Waals surface area contributed by atoms with Crippen LogP contribution >= 0.6 is 0 Å². The van der Waals surface area contributed by atoms with Crippen LogP contribution in [0.1, 0.15) is 49.9 Å². The van der Waals surface area contributed by atoms with Crippen LogP contribution in [0, 0.1) is 12.8 Å². The van der Waals surface area contributed by atoms with Gasteiger partial charge in [0.25, 0.3) is 5.56 Å². The van der Waals surface area contributed by atoms with Gasteiger partial charge >= 0.3 is 0 Å². The van der Waals surface area contributed by atoms with E-state index in [0.29, 0.717) is 36.6 Å². The molecule has 0 radical (unpaired) electrons. The zero-order valence-electron chi connectivity index (χ0n) is 17.2. The van der Waals surface area contributed by atoms with E-state index in [2.05, 4.69) is 20.2 Å². The summed E-state index contributed by atoms with van der Waals surface area (Å²) in [4.78, 5) is 48.1. The predicted octanol–water partition coefficient (Wildman–Crippen LogP) is 0.602. The Morgan fingerprint density at radius 3 is 2.62 bits per heavy atom. The zero-order valence-corrected chi connectivity index (χ0v) is 17.2. The highest BCUT2D eigenvalue weighted by Crippen LogP contribution is 2.26. The van der Waals surface area contributed by atoms with Crippen molar-refractivity contribution in [1.29, 1.82) is 0 Å². The normalized spacial score (nSPS) is 23.8. The number of hydrogen-bond acceptors (Lipinski definition) is 5. The lowest BCUT2D eigenvalue weighted by atomic mass is 9.93. The van der Waals surface area contributed by atoms with Gasteiger partial charge in [0.1, 0.15) is 5.82 Å². The van der Waals surface area contributed by atoms with E-state index in [9.17, 15) is 14.4 Å². The van der Waals surface area contributed by atoms with Crippen molar-refractivity contribution in [2.24, 2.45) is 5.92 Å². The molecular weight excluding hydrogens is 370 g/mol. The Bertz CT molecular complexity index is 811. The van der Waals surface area contributed by atoms with E-state index in [4.69, 9.17) is 0 Å². The molecule has 0 spiro atoms. The summed E-state index contributed by atoms with van der Waals surface area (Å²) in [5.74, 6) is 0.865. The number of carbonyl (C=O) groups excluding carboxylic acids is 2. The van der Waals surface area contributed by atoms with Gasteiger partial charge in [0.15, 0.2) is 0 Å². The molecule has 8 nitrogen and oxygen atoms in total. The Balaban J connectivity index is 1.26. The fourth-order valence-electron chi connectivity index (χ4n) is 4.49. The van der Waals surface area contributed by atoms with E-state index in [0.717, 1.165) is 51.6 Å². The van der Waals surface area contributed by atoms with Crippen molar-refractivity contribution < 1.29 is 9.59 Å². The number of aromatic nitrogens is 2. The first kappa shape index (κ1) is 20.1. The van der Waals surface area contributed by atoms with E-state index in [-0.39, 0.29) is 29.7 Å². The van der Waals surface area contributed by atoms with E-state index in [1.807, 2.05) is 4.90 Å². The highest BCUT2D eigenvalue weighted by molar-refractivity contribution is 5.79. The molecule has 3 aliphatic rings. The topological polar surface area (TPSA) is 98.4 Å². The van der Waals surface area contributed by atoms with Gasteiger partial charge in [-0.25, -0.2) is 4.98 Å². The number of H-pyrrole nitrogens is 1. The molecular formula is C21H31N5O3. The summed E-state index contributed by atoms with van der Waals surface area (Å²) in [7, 11) is 0. The Hall–Kier alpha value is -2.22. The molecule has 29 heavy (non-hydrogen) atoms. The first-order chi connectivity index (χ1) is 14.0. The molecule has 1 aliphatic carbocycles. The molecule has 158 valence electrons. The third-order valence-corrected chi connectivity index (χ3v) is 6.42. The molecule has 1 aromatic rings. The number of amides is 2. The van der Waals surface area contributed by atoms with E-state index >= 15 is 0 Å². The van der Waals surface area contributed by atoms with E-state index < -0.39 is 0 Å². The summed E-state index contributed by atoms with van der Waals surface area (Å²) in [5.41, 5.74) is 0.188. The van der Waals surface area contributed by atoms with Gasteiger partial charge in [0.05, 0.1) is 12.3 Å². The molecule has 2 saturated heterocycles. The maximum absolute atomic E-state index is 12.6. The van der Waals surface area contributed by atoms with Gasteiger partial charge in [-0.3, -0.25) is 19.3 Å². The molecule has 2 amide bonds. The minimum atomic E-state index is -0.232. The lowest BCUT2D eigenvalue weighted by Gasteiger charge is -2.42. The van der Waals surface area contributed by atoms with Crippen LogP contribution in [-0.2, 0) is 16.0 Å². The summed E-state index contributed by atoms with van der Waals surface area (Å²) >= 11 is 0. The summed E-state index contributed by atoms with van der Waals surface area (Å²) in [6.07, 6.45) is 7.73. The second-order valence-corrected chi connectivity index (χ2v) is 8.73. The average molecular weight is 402 g/mol. The minimum absolute atomic E-state index is 0.0139. The number of hydrogen-bond donors (Lipinski definition) is 2. The fourth-order valence-corrected chi connectivity index (χ4v) is 4.49. The SMILES string of the molecule is Cc1ncc(CC(=O)N2CCC(N3CCC[C@H](C(=O)NC4CC4)C3)CC2)c(=O)[nH]1. The van der Waals surface area contributed by atoms with Crippen molar-refractivity contribution in [1.82, 2.24) is 25.1 Å². The lowest BCUT2D eigenvalue weighted by molar-refractivity contribution is -0.132. The Labute approximate surface area is 171 Å². The highest BCUT2D eigenvalue weighted by atomic mass is 16.2. The van der Waals surface area contributed by atoms with Crippen molar-refractivity contribution in [3.63, 3.8) is 0 Å². The number of nitrogens with zero attached hydrogens (tertiary/aromatic N) is 3. The van der Waals surface area contributed by atoms with Crippen LogP contribution in [0.4, 0.5) is 0 Å². The van der Waals surface area contributed by atoms with Crippen LogP contribution in [0.25, 0.3) is 0 Å². The van der Waals surface area contributed by atoms with Gasteiger partial charge < -0.3 is 15.2 Å². The molecule has 3 fully saturated rings. The maximum Gasteiger partial charge on any atom is 0.254 e. The van der Waals surface area contributed by atoms with Gasteiger partial charge in [-0.2, -0.15) is 0 Å². The van der Waals surface area contributed by atoms with Gasteiger partial charge in [0.2, 0.25) is 11.8 Å². The third kappa shape index (κ3) is 5.04. The van der Waals surface area contributed by atoms with Crippen molar-refractivity contribution in [3.8, 4) is 0 Å². The molecule has 0 bridgehead atoms. The number of rotatable bonds is 5. The molecule has 1 atom stereocenters. The summed E-state index contributed by atoms with van der Waals surface area (Å²) in [6, 6.07) is 0.850. The van der Waals surface area contributed by atoms with Crippen LogP contribution in [0.2, 0.25) is 0 Å². The predicted molar refractivity (Wildman–Crippen MR) is 108 cm³/mol. The first-order valence-corrected chi connectivity index (χ1v) is 10.9. The summed E-state index contributed by atoms with van der Waals surface area (Å²) < 4.78 is 0. The lowest BCUT2D eigenvalue weighted by Crippen LogP contribution is -2.52. The second kappa shape index (κ2) is 8.65.